The number of hydrogen-bond donors (Lipinski definition) is 0. The van der Waals surface area contributed by atoms with Crippen LogP contribution in [0, 0.1) is 5.92 Å². The first-order chi connectivity index (χ1) is 19.8. The quantitative estimate of drug-likeness (QED) is 0.112. The van der Waals surface area contributed by atoms with E-state index in [0.717, 1.165) is 42.2 Å². The highest BCUT2D eigenvalue weighted by molar-refractivity contribution is 9.10. The average molecular weight is 677 g/mol. The van der Waals surface area contributed by atoms with Crippen molar-refractivity contribution in [3.63, 3.8) is 0 Å². The van der Waals surface area contributed by atoms with Gasteiger partial charge in [-0.05, 0) is 64.5 Å². The molecule has 0 radical (unpaired) electrons. The number of benzene rings is 1. The number of nitrogens with zero attached hydrogens (tertiary/aromatic N) is 5. The van der Waals surface area contributed by atoms with Gasteiger partial charge in [-0.3, -0.25) is 13.5 Å². The molecule has 1 fully saturated rings. The molecule has 1 aliphatic rings. The Balaban J connectivity index is 1.58. The van der Waals surface area contributed by atoms with Crippen molar-refractivity contribution >= 4 is 45.0 Å². The Morgan fingerprint density at radius 3 is 2.57 bits per heavy atom. The van der Waals surface area contributed by atoms with Crippen LogP contribution in [0.2, 0.25) is 25.7 Å². The van der Waals surface area contributed by atoms with Crippen LogP contribution in [0.5, 0.6) is 0 Å². The number of aryl methyl sites for hydroxylation is 1. The third-order valence-corrected chi connectivity index (χ3v) is 10.8. The Hall–Kier alpha value is -2.58. The Bertz CT molecular complexity index is 1750. The van der Waals surface area contributed by atoms with Gasteiger partial charge in [0.05, 0.1) is 6.26 Å². The number of aromatic nitrogens is 5. The molecule has 3 heterocycles. The smallest absolute Gasteiger partial charge is 0.279 e. The Morgan fingerprint density at radius 1 is 1.19 bits per heavy atom. The SMILES string of the molecule is Cn1cnnc1[C@@H](c1cccc(-n2cc(Br)c3cc(COS(C)(=O)=O)n(COCC[Si](C)(C)C)c3c2=O)c1)C1CCC1. The lowest BCUT2D eigenvalue weighted by Crippen LogP contribution is -2.25. The molecule has 1 saturated carbocycles. The van der Waals surface area contributed by atoms with E-state index in [2.05, 4.69) is 57.9 Å². The summed E-state index contributed by atoms with van der Waals surface area (Å²) in [5, 5.41) is 9.23. The van der Waals surface area contributed by atoms with Gasteiger partial charge in [-0.15, -0.1) is 10.2 Å². The summed E-state index contributed by atoms with van der Waals surface area (Å²) in [7, 11) is -3.05. The molecule has 10 nitrogen and oxygen atoms in total. The summed E-state index contributed by atoms with van der Waals surface area (Å²) in [6.07, 6.45) is 7.96. The lowest BCUT2D eigenvalue weighted by atomic mass is 9.72. The zero-order valence-corrected chi connectivity index (χ0v) is 28.1. The van der Waals surface area contributed by atoms with Crippen molar-refractivity contribution in [2.45, 2.75) is 64.2 Å². The first-order valence-electron chi connectivity index (χ1n) is 14.1. The van der Waals surface area contributed by atoms with Crippen molar-refractivity contribution in [2.24, 2.45) is 13.0 Å². The van der Waals surface area contributed by atoms with E-state index in [-0.39, 0.29) is 24.8 Å². The fourth-order valence-electron chi connectivity index (χ4n) is 5.38. The van der Waals surface area contributed by atoms with E-state index in [0.29, 0.717) is 33.6 Å². The van der Waals surface area contributed by atoms with Crippen LogP contribution >= 0.6 is 15.9 Å². The van der Waals surface area contributed by atoms with Crippen molar-refractivity contribution in [3.8, 4) is 5.69 Å². The van der Waals surface area contributed by atoms with E-state index in [9.17, 15) is 13.2 Å². The summed E-state index contributed by atoms with van der Waals surface area (Å²) in [6, 6.07) is 10.8. The molecule has 0 saturated heterocycles. The van der Waals surface area contributed by atoms with Crippen molar-refractivity contribution < 1.29 is 17.3 Å². The minimum absolute atomic E-state index is 0.0810. The standard InChI is InChI=1S/C29H38BrN5O5SSi/c1-33-18-31-32-28(33)26(20-8-6-9-20)21-10-7-11-22(14-21)34-16-25(30)24-15-23(17-40-41(2,37)38)35(27(24)29(34)36)19-39-12-13-42(3,4)5/h7,10-11,14-16,18,20,26H,6,8-9,12-13,17,19H2,1-5H3/t26-/m1/s1. The average Bonchev–Trinajstić information content (AvgIpc) is 3.47. The summed E-state index contributed by atoms with van der Waals surface area (Å²) in [6.45, 7) is 7.28. The van der Waals surface area contributed by atoms with E-state index in [1.807, 2.05) is 23.7 Å². The highest BCUT2D eigenvalue weighted by Crippen LogP contribution is 2.43. The molecule has 0 aliphatic heterocycles. The maximum absolute atomic E-state index is 14.2. The molecule has 0 bridgehead atoms. The van der Waals surface area contributed by atoms with Gasteiger partial charge in [-0.2, -0.15) is 8.42 Å². The maximum Gasteiger partial charge on any atom is 0.279 e. The first kappa shape index (κ1) is 30.9. The van der Waals surface area contributed by atoms with Crippen LogP contribution in [0.15, 0.2) is 52.1 Å². The summed E-state index contributed by atoms with van der Waals surface area (Å²) >= 11 is 3.67. The Morgan fingerprint density at radius 2 is 1.95 bits per heavy atom. The van der Waals surface area contributed by atoms with Gasteiger partial charge in [0.25, 0.3) is 15.7 Å². The number of halogens is 1. The third-order valence-electron chi connectivity index (χ3n) is 7.89. The summed E-state index contributed by atoms with van der Waals surface area (Å²) < 4.78 is 40.8. The van der Waals surface area contributed by atoms with E-state index < -0.39 is 18.2 Å². The zero-order valence-electron chi connectivity index (χ0n) is 24.7. The van der Waals surface area contributed by atoms with E-state index >= 15 is 0 Å². The maximum atomic E-state index is 14.2. The van der Waals surface area contributed by atoms with Crippen LogP contribution < -0.4 is 5.56 Å². The number of pyridine rings is 1. The van der Waals surface area contributed by atoms with E-state index in [1.165, 1.54) is 6.42 Å². The van der Waals surface area contributed by atoms with Gasteiger partial charge in [0.1, 0.15) is 31.0 Å². The largest absolute Gasteiger partial charge is 0.361 e. The van der Waals surface area contributed by atoms with Crippen molar-refractivity contribution in [1.82, 2.24) is 23.9 Å². The van der Waals surface area contributed by atoms with Crippen molar-refractivity contribution in [3.05, 3.63) is 74.8 Å². The van der Waals surface area contributed by atoms with Crippen molar-refractivity contribution in [1.29, 1.82) is 0 Å². The fraction of sp³-hybridized carbons (Fsp3) is 0.483. The molecule has 0 unspecified atom stereocenters. The van der Waals surface area contributed by atoms with Crippen molar-refractivity contribution in [2.75, 3.05) is 12.9 Å². The lowest BCUT2D eigenvalue weighted by Gasteiger charge is -2.33. The molecule has 226 valence electrons. The summed E-state index contributed by atoms with van der Waals surface area (Å²) in [5.41, 5.74) is 2.54. The minimum atomic E-state index is -3.69. The summed E-state index contributed by atoms with van der Waals surface area (Å²) in [5.74, 6) is 1.47. The normalized spacial score (nSPS) is 15.3. The van der Waals surface area contributed by atoms with Crippen LogP contribution in [0.4, 0.5) is 0 Å². The predicted octanol–water partition coefficient (Wildman–Crippen LogP) is 5.40. The van der Waals surface area contributed by atoms with Gasteiger partial charge in [0, 0.05) is 55.1 Å². The van der Waals surface area contributed by atoms with E-state index in [4.69, 9.17) is 8.92 Å². The zero-order chi connectivity index (χ0) is 30.2. The molecule has 1 aromatic carbocycles. The fourth-order valence-corrected chi connectivity index (χ4v) is 6.98. The topological polar surface area (TPSA) is 110 Å². The first-order valence-corrected chi connectivity index (χ1v) is 20.4. The van der Waals surface area contributed by atoms with Gasteiger partial charge < -0.3 is 13.9 Å². The molecule has 1 atom stereocenters. The monoisotopic (exact) mass is 675 g/mol. The molecule has 5 rings (SSSR count). The summed E-state index contributed by atoms with van der Waals surface area (Å²) in [4.78, 5) is 14.2. The van der Waals surface area contributed by atoms with Crippen LogP contribution in [-0.4, -0.2) is 53.3 Å². The van der Waals surface area contributed by atoms with Gasteiger partial charge in [-0.1, -0.05) is 38.2 Å². The second kappa shape index (κ2) is 12.2. The van der Waals surface area contributed by atoms with Crippen LogP contribution in [0.3, 0.4) is 0 Å². The van der Waals surface area contributed by atoms with Crippen LogP contribution in [0.1, 0.15) is 42.3 Å². The molecule has 0 spiro atoms. The second-order valence-electron chi connectivity index (χ2n) is 12.4. The van der Waals surface area contributed by atoms with E-state index in [1.54, 1.807) is 27.7 Å². The Labute approximate surface area is 255 Å². The molecule has 42 heavy (non-hydrogen) atoms. The molecular weight excluding hydrogens is 638 g/mol. The predicted molar refractivity (Wildman–Crippen MR) is 169 cm³/mol. The second-order valence-corrected chi connectivity index (χ2v) is 20.5. The van der Waals surface area contributed by atoms with Gasteiger partial charge in [-0.25, -0.2) is 0 Å². The van der Waals surface area contributed by atoms with Gasteiger partial charge in [0.15, 0.2) is 0 Å². The minimum Gasteiger partial charge on any atom is -0.361 e. The number of rotatable bonds is 12. The highest BCUT2D eigenvalue weighted by atomic mass is 79.9. The Kier molecular flexibility index (Phi) is 8.96. The number of ether oxygens (including phenoxy) is 1. The molecular formula is C29H38BrN5O5SSi. The highest BCUT2D eigenvalue weighted by Gasteiger charge is 2.33. The van der Waals surface area contributed by atoms with Gasteiger partial charge in [0.2, 0.25) is 0 Å². The molecule has 0 N–H and O–H groups in total. The van der Waals surface area contributed by atoms with Crippen LogP contribution in [0.25, 0.3) is 16.6 Å². The molecule has 0 amide bonds. The number of hydrogen-bond acceptors (Lipinski definition) is 7. The number of fused-ring (bicyclic) bond motifs is 1. The lowest BCUT2D eigenvalue weighted by molar-refractivity contribution is 0.0861. The molecule has 13 heteroatoms. The van der Waals surface area contributed by atoms with Crippen LogP contribution in [-0.2, 0) is 39.4 Å². The molecule has 1 aliphatic carbocycles. The molecule has 3 aromatic heterocycles. The van der Waals surface area contributed by atoms with Gasteiger partial charge >= 0.3 is 0 Å². The molecule has 4 aromatic rings. The third kappa shape index (κ3) is 6.80.